The molecule has 0 saturated heterocycles. The smallest absolute Gasteiger partial charge is 0.254 e. The van der Waals surface area contributed by atoms with Crippen molar-refractivity contribution in [1.29, 1.82) is 0 Å². The summed E-state index contributed by atoms with van der Waals surface area (Å²) in [4.78, 5) is 22.6. The summed E-state index contributed by atoms with van der Waals surface area (Å²) in [6, 6.07) is 7.43. The lowest BCUT2D eigenvalue weighted by atomic mass is 10.0. The van der Waals surface area contributed by atoms with Gasteiger partial charge in [-0.05, 0) is 49.4 Å². The topological polar surface area (TPSA) is 49.0 Å². The van der Waals surface area contributed by atoms with Crippen LogP contribution in [0.2, 0.25) is 5.02 Å². The molecule has 1 N–H and O–H groups in total. The fourth-order valence-electron chi connectivity index (χ4n) is 3.95. The third-order valence-corrected chi connectivity index (χ3v) is 5.51. The lowest BCUT2D eigenvalue weighted by Gasteiger charge is -2.29. The minimum absolute atomic E-state index is 0.00506. The first-order chi connectivity index (χ1) is 11.7. The van der Waals surface area contributed by atoms with Crippen molar-refractivity contribution in [3.05, 3.63) is 50.9 Å². The highest BCUT2D eigenvalue weighted by atomic mass is 35.5. The van der Waals surface area contributed by atoms with Crippen molar-refractivity contribution in [2.45, 2.75) is 38.6 Å². The van der Waals surface area contributed by atoms with Crippen LogP contribution in [0.3, 0.4) is 0 Å². The quantitative estimate of drug-likeness (QED) is 0.925. The molecule has 0 spiro atoms. The molecule has 2 aliphatic rings. The van der Waals surface area contributed by atoms with E-state index < -0.39 is 0 Å². The number of nitrogens with one attached hydrogen (secondary N) is 1. The molecule has 0 radical (unpaired) electrons. The minimum Gasteiger partial charge on any atom is -0.306 e. The molecule has 5 heteroatoms. The average molecular weight is 344 g/mol. The van der Waals surface area contributed by atoms with E-state index in [1.807, 2.05) is 24.3 Å². The largest absolute Gasteiger partial charge is 0.306 e. The first-order valence-corrected chi connectivity index (χ1v) is 9.17. The Morgan fingerprint density at radius 2 is 1.96 bits per heavy atom. The van der Waals surface area contributed by atoms with E-state index in [0.717, 1.165) is 48.8 Å². The molecule has 1 aliphatic carbocycles. The number of hydrogen-bond donors (Lipinski definition) is 1. The van der Waals surface area contributed by atoms with E-state index in [1.54, 1.807) is 0 Å². The monoisotopic (exact) mass is 343 g/mol. The van der Waals surface area contributed by atoms with Crippen molar-refractivity contribution in [2.24, 2.45) is 5.92 Å². The molecule has 1 aromatic heterocycles. The van der Waals surface area contributed by atoms with Crippen LogP contribution >= 0.6 is 11.6 Å². The molecule has 24 heavy (non-hydrogen) atoms. The Hall–Kier alpha value is -1.65. The molecular weight excluding hydrogens is 322 g/mol. The Labute approximate surface area is 146 Å². The second-order valence-corrected chi connectivity index (χ2v) is 7.42. The van der Waals surface area contributed by atoms with Crippen LogP contribution in [0.25, 0.3) is 11.4 Å². The van der Waals surface area contributed by atoms with Crippen LogP contribution < -0.4 is 5.56 Å². The van der Waals surface area contributed by atoms with Crippen molar-refractivity contribution in [1.82, 2.24) is 14.9 Å². The molecule has 0 amide bonds. The lowest BCUT2D eigenvalue weighted by molar-refractivity contribution is 0.211. The van der Waals surface area contributed by atoms with Gasteiger partial charge in [0.1, 0.15) is 5.82 Å². The molecule has 2 aromatic rings. The number of rotatable bonds is 3. The van der Waals surface area contributed by atoms with Gasteiger partial charge in [-0.25, -0.2) is 4.98 Å². The van der Waals surface area contributed by atoms with Crippen molar-refractivity contribution in [2.75, 3.05) is 13.1 Å². The molecule has 1 aliphatic heterocycles. The van der Waals surface area contributed by atoms with Crippen molar-refractivity contribution in [3.63, 3.8) is 0 Å². The molecule has 0 unspecified atom stereocenters. The van der Waals surface area contributed by atoms with Gasteiger partial charge in [-0.15, -0.1) is 0 Å². The van der Waals surface area contributed by atoms with Gasteiger partial charge in [0.2, 0.25) is 0 Å². The Morgan fingerprint density at radius 1 is 1.21 bits per heavy atom. The molecule has 1 saturated carbocycles. The summed E-state index contributed by atoms with van der Waals surface area (Å²) in [7, 11) is 0. The van der Waals surface area contributed by atoms with Crippen LogP contribution in [0.1, 0.15) is 36.9 Å². The van der Waals surface area contributed by atoms with E-state index in [0.29, 0.717) is 10.8 Å². The van der Waals surface area contributed by atoms with Gasteiger partial charge in [-0.3, -0.25) is 9.69 Å². The predicted octanol–water partition coefficient (Wildman–Crippen LogP) is 3.64. The summed E-state index contributed by atoms with van der Waals surface area (Å²) in [5.74, 6) is 1.46. The Morgan fingerprint density at radius 3 is 2.71 bits per heavy atom. The molecule has 1 fully saturated rings. The summed E-state index contributed by atoms with van der Waals surface area (Å²) in [5.41, 5.74) is 2.70. The van der Waals surface area contributed by atoms with Gasteiger partial charge in [0.15, 0.2) is 0 Å². The lowest BCUT2D eigenvalue weighted by Crippen LogP contribution is -2.37. The van der Waals surface area contributed by atoms with E-state index in [2.05, 4.69) is 9.88 Å². The zero-order valence-electron chi connectivity index (χ0n) is 13.7. The zero-order valence-corrected chi connectivity index (χ0v) is 14.5. The number of hydrogen-bond acceptors (Lipinski definition) is 3. The Bertz CT molecular complexity index is 778. The number of halogens is 1. The molecule has 4 rings (SSSR count). The first-order valence-electron chi connectivity index (χ1n) is 8.79. The summed E-state index contributed by atoms with van der Waals surface area (Å²) < 4.78 is 0. The number of H-pyrrole nitrogens is 1. The maximum atomic E-state index is 12.4. The standard InChI is InChI=1S/C19H22ClN3O/c20-15-7-5-14(6-8-15)18-21-17-12-23(11-13-3-1-2-4-13)10-9-16(17)19(24)22-18/h5-8,13H,1-4,9-12H2,(H,21,22,24). The van der Waals surface area contributed by atoms with E-state index in [1.165, 1.54) is 25.7 Å². The first kappa shape index (κ1) is 15.9. The Kier molecular flexibility index (Phi) is 4.42. The molecule has 2 heterocycles. The summed E-state index contributed by atoms with van der Waals surface area (Å²) in [6.07, 6.45) is 6.23. The predicted molar refractivity (Wildman–Crippen MR) is 96.2 cm³/mol. The normalized spacial score (nSPS) is 18.7. The fourth-order valence-corrected chi connectivity index (χ4v) is 4.08. The second-order valence-electron chi connectivity index (χ2n) is 6.98. The Balaban J connectivity index is 1.59. The summed E-state index contributed by atoms with van der Waals surface area (Å²) in [5, 5.41) is 0.682. The van der Waals surface area contributed by atoms with E-state index in [-0.39, 0.29) is 5.56 Å². The summed E-state index contributed by atoms with van der Waals surface area (Å²) in [6.45, 7) is 2.90. The summed E-state index contributed by atoms with van der Waals surface area (Å²) >= 11 is 5.95. The van der Waals surface area contributed by atoms with Gasteiger partial charge >= 0.3 is 0 Å². The van der Waals surface area contributed by atoms with Crippen LogP contribution in [-0.2, 0) is 13.0 Å². The molecule has 0 atom stereocenters. The average Bonchev–Trinajstić information content (AvgIpc) is 3.08. The highest BCUT2D eigenvalue weighted by Crippen LogP contribution is 2.27. The fraction of sp³-hybridized carbons (Fsp3) is 0.474. The maximum Gasteiger partial charge on any atom is 0.254 e. The molecule has 126 valence electrons. The molecule has 1 aromatic carbocycles. The third-order valence-electron chi connectivity index (χ3n) is 5.26. The van der Waals surface area contributed by atoms with Crippen LogP contribution in [0.5, 0.6) is 0 Å². The van der Waals surface area contributed by atoms with Crippen LogP contribution in [0.4, 0.5) is 0 Å². The molecular formula is C19H22ClN3O. The van der Waals surface area contributed by atoms with Gasteiger partial charge < -0.3 is 4.98 Å². The van der Waals surface area contributed by atoms with Crippen LogP contribution in [-0.4, -0.2) is 28.0 Å². The van der Waals surface area contributed by atoms with Crippen molar-refractivity contribution >= 4 is 11.6 Å². The van der Waals surface area contributed by atoms with Gasteiger partial charge in [0.25, 0.3) is 5.56 Å². The van der Waals surface area contributed by atoms with Crippen molar-refractivity contribution in [3.8, 4) is 11.4 Å². The van der Waals surface area contributed by atoms with Gasteiger partial charge in [-0.1, -0.05) is 24.4 Å². The second kappa shape index (κ2) is 6.69. The number of fused-ring (bicyclic) bond motifs is 1. The minimum atomic E-state index is 0.00506. The van der Waals surface area contributed by atoms with Gasteiger partial charge in [-0.2, -0.15) is 0 Å². The van der Waals surface area contributed by atoms with Crippen LogP contribution in [0, 0.1) is 5.92 Å². The molecule has 0 bridgehead atoms. The highest BCUT2D eigenvalue weighted by Gasteiger charge is 2.24. The number of aromatic nitrogens is 2. The highest BCUT2D eigenvalue weighted by molar-refractivity contribution is 6.30. The SMILES string of the molecule is O=c1[nH]c(-c2ccc(Cl)cc2)nc2c1CCN(CC1CCCC1)C2. The maximum absolute atomic E-state index is 12.4. The van der Waals surface area contributed by atoms with Gasteiger partial charge in [0.05, 0.1) is 5.69 Å². The molecule has 4 nitrogen and oxygen atoms in total. The van der Waals surface area contributed by atoms with Gasteiger partial charge in [0, 0.05) is 35.8 Å². The van der Waals surface area contributed by atoms with Crippen molar-refractivity contribution < 1.29 is 0 Å². The zero-order chi connectivity index (χ0) is 16.5. The number of benzene rings is 1. The number of nitrogens with zero attached hydrogens (tertiary/aromatic N) is 2. The van der Waals surface area contributed by atoms with E-state index in [9.17, 15) is 4.79 Å². The van der Waals surface area contributed by atoms with E-state index in [4.69, 9.17) is 16.6 Å². The third kappa shape index (κ3) is 3.26. The number of aromatic amines is 1. The van der Waals surface area contributed by atoms with E-state index >= 15 is 0 Å². The van der Waals surface area contributed by atoms with Crippen LogP contribution in [0.15, 0.2) is 29.1 Å².